The average molecular weight is 360 g/mol. The maximum absolute atomic E-state index is 12.4. The molecule has 3 atom stereocenters. The van der Waals surface area contributed by atoms with E-state index < -0.39 is 35.2 Å². The second-order valence-electron chi connectivity index (χ2n) is 6.74. The molecule has 0 radical (unpaired) electrons. The molecular formula is C15H19F3N4O3. The number of hydrogen-bond acceptors (Lipinski definition) is 4. The summed E-state index contributed by atoms with van der Waals surface area (Å²) >= 11 is 0. The monoisotopic (exact) mass is 360 g/mol. The molecule has 0 saturated heterocycles. The van der Waals surface area contributed by atoms with E-state index in [0.29, 0.717) is 6.42 Å². The molecule has 7 nitrogen and oxygen atoms in total. The van der Waals surface area contributed by atoms with Gasteiger partial charge in [-0.3, -0.25) is 10.1 Å². The van der Waals surface area contributed by atoms with Crippen molar-refractivity contribution in [2.45, 2.75) is 39.4 Å². The van der Waals surface area contributed by atoms with Crippen molar-refractivity contribution in [3.63, 3.8) is 0 Å². The molecule has 0 spiro atoms. The van der Waals surface area contributed by atoms with Gasteiger partial charge in [0, 0.05) is 6.04 Å². The van der Waals surface area contributed by atoms with E-state index in [1.807, 2.05) is 13.8 Å². The summed E-state index contributed by atoms with van der Waals surface area (Å²) in [6.07, 6.45) is -4.15. The van der Waals surface area contributed by atoms with Crippen LogP contribution in [0, 0.1) is 17.3 Å². The average Bonchev–Trinajstić information content (AvgIpc) is 2.45. The van der Waals surface area contributed by atoms with E-state index in [1.165, 1.54) is 0 Å². The van der Waals surface area contributed by atoms with Crippen molar-refractivity contribution in [3.05, 3.63) is 17.8 Å². The second kappa shape index (κ2) is 6.49. The number of carboxylic acids is 1. The van der Waals surface area contributed by atoms with Gasteiger partial charge in [0.25, 0.3) is 0 Å². The second-order valence-corrected chi connectivity index (χ2v) is 6.74. The van der Waals surface area contributed by atoms with Crippen molar-refractivity contribution in [3.8, 4) is 0 Å². The molecular weight excluding hydrogens is 341 g/mol. The molecule has 1 aromatic heterocycles. The van der Waals surface area contributed by atoms with Gasteiger partial charge in [-0.2, -0.15) is 13.2 Å². The molecule has 1 aliphatic carbocycles. The summed E-state index contributed by atoms with van der Waals surface area (Å²) in [6.45, 7) is 5.41. The predicted octanol–water partition coefficient (Wildman–Crippen LogP) is 2.75. The van der Waals surface area contributed by atoms with E-state index in [-0.39, 0.29) is 17.8 Å². The summed E-state index contributed by atoms with van der Waals surface area (Å²) < 4.78 is 37.2. The van der Waals surface area contributed by atoms with Gasteiger partial charge in [-0.1, -0.05) is 13.8 Å². The molecule has 10 heteroatoms. The lowest BCUT2D eigenvalue weighted by atomic mass is 9.53. The normalized spacial score (nSPS) is 23.3. The van der Waals surface area contributed by atoms with Crippen LogP contribution in [0.3, 0.4) is 0 Å². The van der Waals surface area contributed by atoms with E-state index in [4.69, 9.17) is 5.11 Å². The third-order valence-electron chi connectivity index (χ3n) is 4.80. The molecule has 1 fully saturated rings. The van der Waals surface area contributed by atoms with Crippen molar-refractivity contribution >= 4 is 17.8 Å². The topological polar surface area (TPSA) is 104 Å². The van der Waals surface area contributed by atoms with Crippen LogP contribution in [0.5, 0.6) is 0 Å². The lowest BCUT2D eigenvalue weighted by Gasteiger charge is -2.52. The first-order chi connectivity index (χ1) is 11.4. The van der Waals surface area contributed by atoms with Crippen LogP contribution in [0.2, 0.25) is 0 Å². The molecule has 2 amide bonds. The fourth-order valence-corrected chi connectivity index (χ4v) is 3.24. The van der Waals surface area contributed by atoms with Crippen LogP contribution in [0.15, 0.2) is 12.1 Å². The zero-order valence-electron chi connectivity index (χ0n) is 13.9. The number of aliphatic carboxylic acids is 1. The molecule has 3 N–H and O–H groups in total. The molecule has 0 bridgehead atoms. The molecule has 1 unspecified atom stereocenters. The standard InChI is InChI=1S/C15H19F3N4O3/c1-7(8-6-9(12(23)24)14(8,2)3)19-13(25)20-11-5-4-10(21-22-11)15(16,17)18/h4-5,7-9H,6H2,1-3H3,(H,23,24)(H2,19,20,22,25)/t7?,8-,9+/m0/s1. The van der Waals surface area contributed by atoms with Gasteiger partial charge < -0.3 is 10.4 Å². The van der Waals surface area contributed by atoms with Crippen molar-refractivity contribution in [1.29, 1.82) is 0 Å². The Balaban J connectivity index is 1.91. The van der Waals surface area contributed by atoms with Crippen LogP contribution >= 0.6 is 0 Å². The number of nitrogens with zero attached hydrogens (tertiary/aromatic N) is 2. The Bertz CT molecular complexity index is 661. The number of rotatable bonds is 4. The van der Waals surface area contributed by atoms with Crippen LogP contribution < -0.4 is 10.6 Å². The number of halogens is 3. The number of alkyl halides is 3. The fourth-order valence-electron chi connectivity index (χ4n) is 3.24. The predicted molar refractivity (Wildman–Crippen MR) is 81.7 cm³/mol. The molecule has 0 aliphatic heterocycles. The van der Waals surface area contributed by atoms with Gasteiger partial charge in [0.15, 0.2) is 11.5 Å². The maximum Gasteiger partial charge on any atom is 0.435 e. The van der Waals surface area contributed by atoms with Crippen molar-refractivity contribution in [2.75, 3.05) is 5.32 Å². The first-order valence-electron chi connectivity index (χ1n) is 7.64. The van der Waals surface area contributed by atoms with Gasteiger partial charge in [-0.05, 0) is 36.8 Å². The molecule has 1 saturated carbocycles. The van der Waals surface area contributed by atoms with Crippen LogP contribution in [-0.2, 0) is 11.0 Å². The van der Waals surface area contributed by atoms with E-state index >= 15 is 0 Å². The highest BCUT2D eigenvalue weighted by atomic mass is 19.4. The highest BCUT2D eigenvalue weighted by Gasteiger charge is 2.53. The minimum absolute atomic E-state index is 0.0296. The van der Waals surface area contributed by atoms with E-state index in [2.05, 4.69) is 20.8 Å². The van der Waals surface area contributed by atoms with E-state index in [1.54, 1.807) is 6.92 Å². The van der Waals surface area contributed by atoms with Gasteiger partial charge in [0.1, 0.15) is 0 Å². The highest BCUT2D eigenvalue weighted by Crippen LogP contribution is 2.52. The summed E-state index contributed by atoms with van der Waals surface area (Å²) in [7, 11) is 0. The molecule has 1 aliphatic rings. The fraction of sp³-hybridized carbons (Fsp3) is 0.600. The summed E-state index contributed by atoms with van der Waals surface area (Å²) in [6, 6.07) is 0.774. The molecule has 2 rings (SSSR count). The van der Waals surface area contributed by atoms with Crippen molar-refractivity contribution < 1.29 is 27.9 Å². The Morgan fingerprint density at radius 1 is 1.32 bits per heavy atom. The van der Waals surface area contributed by atoms with Crippen LogP contribution in [0.1, 0.15) is 32.9 Å². The molecule has 25 heavy (non-hydrogen) atoms. The highest BCUT2D eigenvalue weighted by molar-refractivity contribution is 5.88. The van der Waals surface area contributed by atoms with Crippen LogP contribution in [0.25, 0.3) is 0 Å². The summed E-state index contributed by atoms with van der Waals surface area (Å²) in [5.41, 5.74) is -1.62. The molecule has 1 aromatic rings. The first kappa shape index (κ1) is 18.9. The molecule has 138 valence electrons. The lowest BCUT2D eigenvalue weighted by molar-refractivity contribution is -0.160. The molecule has 1 heterocycles. The van der Waals surface area contributed by atoms with Gasteiger partial charge >= 0.3 is 18.2 Å². The Morgan fingerprint density at radius 2 is 1.96 bits per heavy atom. The van der Waals surface area contributed by atoms with E-state index in [9.17, 15) is 22.8 Å². The lowest BCUT2D eigenvalue weighted by Crippen LogP contribution is -2.57. The minimum atomic E-state index is -4.60. The number of nitrogens with one attached hydrogen (secondary N) is 2. The SMILES string of the molecule is CC(NC(=O)Nc1ccc(C(F)(F)F)nn1)[C@@H]1C[C@H](C(=O)O)C1(C)C. The number of carbonyl (C=O) groups excluding carboxylic acids is 1. The van der Waals surface area contributed by atoms with Crippen LogP contribution in [-0.4, -0.2) is 33.3 Å². The number of amides is 2. The number of carboxylic acid groups (broad SMARTS) is 1. The smallest absolute Gasteiger partial charge is 0.435 e. The minimum Gasteiger partial charge on any atom is -0.481 e. The van der Waals surface area contributed by atoms with Crippen molar-refractivity contribution in [2.24, 2.45) is 17.3 Å². The largest absolute Gasteiger partial charge is 0.481 e. The van der Waals surface area contributed by atoms with Gasteiger partial charge in [0.2, 0.25) is 0 Å². The third-order valence-corrected chi connectivity index (χ3v) is 4.80. The summed E-state index contributed by atoms with van der Waals surface area (Å²) in [5.74, 6) is -1.48. The number of carbonyl (C=O) groups is 2. The Morgan fingerprint density at radius 3 is 2.40 bits per heavy atom. The number of hydrogen-bond donors (Lipinski definition) is 3. The summed E-state index contributed by atoms with van der Waals surface area (Å²) in [5, 5.41) is 20.4. The van der Waals surface area contributed by atoms with E-state index in [0.717, 1.165) is 12.1 Å². The first-order valence-corrected chi connectivity index (χ1v) is 7.64. The summed E-state index contributed by atoms with van der Waals surface area (Å²) in [4.78, 5) is 23.1. The van der Waals surface area contributed by atoms with Crippen LogP contribution in [0.4, 0.5) is 23.8 Å². The number of aromatic nitrogens is 2. The Kier molecular flexibility index (Phi) is 4.92. The number of urea groups is 1. The Hall–Kier alpha value is -2.39. The van der Waals surface area contributed by atoms with Gasteiger partial charge in [-0.15, -0.1) is 10.2 Å². The van der Waals surface area contributed by atoms with Gasteiger partial charge in [0.05, 0.1) is 5.92 Å². The zero-order valence-corrected chi connectivity index (χ0v) is 13.9. The third kappa shape index (κ3) is 3.99. The van der Waals surface area contributed by atoms with Gasteiger partial charge in [-0.25, -0.2) is 4.79 Å². The Labute approximate surface area is 142 Å². The molecule has 0 aromatic carbocycles. The quantitative estimate of drug-likeness (QED) is 0.766. The number of anilines is 1. The maximum atomic E-state index is 12.4. The zero-order chi connectivity index (χ0) is 19.0. The van der Waals surface area contributed by atoms with Crippen molar-refractivity contribution in [1.82, 2.24) is 15.5 Å².